The van der Waals surface area contributed by atoms with Crippen LogP contribution in [0.5, 0.6) is 5.75 Å². The number of nitrogens with one attached hydrogen (secondary N) is 3. The lowest BCUT2D eigenvalue weighted by molar-refractivity contribution is -0.151. The van der Waals surface area contributed by atoms with Crippen molar-refractivity contribution in [2.45, 2.75) is 30.6 Å². The molecule has 144 valence electrons. The maximum absolute atomic E-state index is 12.4. The van der Waals surface area contributed by atoms with Gasteiger partial charge >= 0.3 is 6.03 Å². The smallest absolute Gasteiger partial charge is 0.319 e. The van der Waals surface area contributed by atoms with Gasteiger partial charge in [-0.25, -0.2) is 4.79 Å². The van der Waals surface area contributed by atoms with Crippen LogP contribution in [-0.2, 0) is 14.2 Å². The van der Waals surface area contributed by atoms with Crippen LogP contribution in [0.15, 0.2) is 24.3 Å². The van der Waals surface area contributed by atoms with Crippen LogP contribution in [0.25, 0.3) is 0 Å². The van der Waals surface area contributed by atoms with Crippen molar-refractivity contribution in [2.75, 3.05) is 39.3 Å². The van der Waals surface area contributed by atoms with E-state index in [1.165, 1.54) is 0 Å². The van der Waals surface area contributed by atoms with Gasteiger partial charge in [0.1, 0.15) is 11.9 Å². The second-order valence-electron chi connectivity index (χ2n) is 6.20. The van der Waals surface area contributed by atoms with Crippen molar-refractivity contribution in [3.05, 3.63) is 24.3 Å². The van der Waals surface area contributed by atoms with Gasteiger partial charge in [0.25, 0.3) is 0 Å². The number of ether oxygens (including phenoxy) is 4. The summed E-state index contributed by atoms with van der Waals surface area (Å²) in [5.74, 6) is 0.637. The van der Waals surface area contributed by atoms with Gasteiger partial charge in [-0.3, -0.25) is 0 Å². The number of amides is 2. The van der Waals surface area contributed by atoms with E-state index in [0.717, 1.165) is 0 Å². The number of carbonyl (C=O) groups excluding carboxylic acids is 1. The average molecular weight is 367 g/mol. The molecule has 0 saturated carbocycles. The lowest BCUT2D eigenvalue weighted by atomic mass is 9.96. The highest BCUT2D eigenvalue weighted by atomic mass is 16.7. The van der Waals surface area contributed by atoms with Gasteiger partial charge in [0.05, 0.1) is 38.5 Å². The first-order chi connectivity index (χ1) is 12.6. The summed E-state index contributed by atoms with van der Waals surface area (Å²) < 4.78 is 21.5. The summed E-state index contributed by atoms with van der Waals surface area (Å²) in [5, 5.41) is 19.4. The van der Waals surface area contributed by atoms with Crippen molar-refractivity contribution >= 4 is 11.7 Å². The number of carbonyl (C=O) groups is 1. The third-order valence-electron chi connectivity index (χ3n) is 4.47. The molecular weight excluding hydrogens is 342 g/mol. The summed E-state index contributed by atoms with van der Waals surface area (Å²) in [6, 6.07) is 5.53. The Balaban J connectivity index is 1.61. The van der Waals surface area contributed by atoms with E-state index in [4.69, 9.17) is 18.9 Å². The van der Waals surface area contributed by atoms with Crippen molar-refractivity contribution in [2.24, 2.45) is 0 Å². The number of urea groups is 1. The number of methoxy groups -OCH3 is 2. The van der Waals surface area contributed by atoms with Crippen LogP contribution in [0.1, 0.15) is 0 Å². The summed E-state index contributed by atoms with van der Waals surface area (Å²) in [5.41, 5.74) is 0.586. The number of rotatable bonds is 7. The molecule has 9 nitrogen and oxygen atoms in total. The van der Waals surface area contributed by atoms with Gasteiger partial charge in [-0.2, -0.15) is 0 Å². The number of fused-ring (bicyclic) bond motifs is 2. The molecule has 5 unspecified atom stereocenters. The fourth-order valence-corrected chi connectivity index (χ4v) is 3.16. The van der Waals surface area contributed by atoms with Gasteiger partial charge in [-0.05, 0) is 12.1 Å². The molecule has 5 atom stereocenters. The third-order valence-corrected chi connectivity index (χ3v) is 4.47. The molecule has 4 N–H and O–H groups in total. The molecule has 2 aliphatic rings. The van der Waals surface area contributed by atoms with E-state index >= 15 is 0 Å². The zero-order valence-electron chi connectivity index (χ0n) is 14.8. The predicted molar refractivity (Wildman–Crippen MR) is 93.2 cm³/mol. The molecule has 2 bridgehead atoms. The molecule has 2 aliphatic heterocycles. The van der Waals surface area contributed by atoms with Crippen molar-refractivity contribution < 1.29 is 28.8 Å². The number of benzene rings is 1. The quantitative estimate of drug-likeness (QED) is 0.499. The second kappa shape index (κ2) is 8.65. The van der Waals surface area contributed by atoms with E-state index in [0.29, 0.717) is 31.2 Å². The molecule has 0 aromatic heterocycles. The summed E-state index contributed by atoms with van der Waals surface area (Å²) in [6.45, 7) is 1.34. The maximum Gasteiger partial charge on any atom is 0.319 e. The molecule has 0 spiro atoms. The van der Waals surface area contributed by atoms with Gasteiger partial charge in [0, 0.05) is 25.4 Å². The van der Waals surface area contributed by atoms with Crippen LogP contribution in [0.2, 0.25) is 0 Å². The largest absolute Gasteiger partial charge is 0.497 e. The summed E-state index contributed by atoms with van der Waals surface area (Å²) in [6.07, 6.45) is -1.79. The molecule has 2 amide bonds. The standard InChI is InChI=1S/C17H25N3O6/c1-23-7-6-18-14-15(21)13(12-9-25-16(14)26-12)20-17(22)19-10-4-3-5-11(8-10)24-2/h3-5,8,12-16,18,21H,6-7,9H2,1-2H3,(H2,19,20,22). The first-order valence-electron chi connectivity index (χ1n) is 8.51. The molecule has 1 aromatic rings. The third kappa shape index (κ3) is 4.25. The Kier molecular flexibility index (Phi) is 6.28. The minimum absolute atomic E-state index is 0.314. The summed E-state index contributed by atoms with van der Waals surface area (Å²) in [4.78, 5) is 12.4. The van der Waals surface area contributed by atoms with Crippen molar-refractivity contribution in [3.8, 4) is 5.75 Å². The highest BCUT2D eigenvalue weighted by Gasteiger charge is 2.50. The normalized spacial score (nSPS) is 30.0. The lowest BCUT2D eigenvalue weighted by Gasteiger charge is -2.39. The SMILES string of the molecule is COCCNC1C2OCC(O2)C(NC(=O)Nc2cccc(OC)c2)C1O. The van der Waals surface area contributed by atoms with Gasteiger partial charge in [0.15, 0.2) is 6.29 Å². The molecule has 2 fully saturated rings. The lowest BCUT2D eigenvalue weighted by Crippen LogP contribution is -2.65. The maximum atomic E-state index is 12.4. The van der Waals surface area contributed by atoms with Crippen LogP contribution >= 0.6 is 0 Å². The Bertz CT molecular complexity index is 616. The molecule has 3 rings (SSSR count). The fraction of sp³-hybridized carbons (Fsp3) is 0.588. The fourth-order valence-electron chi connectivity index (χ4n) is 3.16. The van der Waals surface area contributed by atoms with Crippen molar-refractivity contribution in [1.29, 1.82) is 0 Å². The molecule has 0 radical (unpaired) electrons. The topological polar surface area (TPSA) is 110 Å². The molecule has 0 aliphatic carbocycles. The van der Waals surface area contributed by atoms with Crippen LogP contribution in [0.4, 0.5) is 10.5 Å². The Morgan fingerprint density at radius 3 is 2.96 bits per heavy atom. The Hall–Kier alpha value is -1.91. The van der Waals surface area contributed by atoms with E-state index in [9.17, 15) is 9.90 Å². The minimum atomic E-state index is -0.853. The van der Waals surface area contributed by atoms with Gasteiger partial charge < -0.3 is 40.0 Å². The van der Waals surface area contributed by atoms with Crippen LogP contribution < -0.4 is 20.7 Å². The van der Waals surface area contributed by atoms with E-state index in [1.54, 1.807) is 38.5 Å². The van der Waals surface area contributed by atoms with Gasteiger partial charge in [0.2, 0.25) is 0 Å². The predicted octanol–water partition coefficient (Wildman–Crippen LogP) is -0.0941. The minimum Gasteiger partial charge on any atom is -0.497 e. The number of hydrogen-bond donors (Lipinski definition) is 4. The van der Waals surface area contributed by atoms with Crippen molar-refractivity contribution in [3.63, 3.8) is 0 Å². The first kappa shape index (κ1) is 18.9. The Morgan fingerprint density at radius 1 is 1.35 bits per heavy atom. The Labute approximate surface area is 151 Å². The van der Waals surface area contributed by atoms with E-state index in [-0.39, 0.29) is 0 Å². The van der Waals surface area contributed by atoms with Gasteiger partial charge in [-0.15, -0.1) is 0 Å². The molecular formula is C17H25N3O6. The average Bonchev–Trinajstić information content (AvgIpc) is 3.08. The van der Waals surface area contributed by atoms with Crippen LogP contribution in [0, 0.1) is 0 Å². The molecule has 9 heteroatoms. The highest BCUT2D eigenvalue weighted by molar-refractivity contribution is 5.89. The molecule has 1 aromatic carbocycles. The second-order valence-corrected chi connectivity index (χ2v) is 6.20. The first-order valence-corrected chi connectivity index (χ1v) is 8.51. The van der Waals surface area contributed by atoms with E-state index in [1.807, 2.05) is 0 Å². The van der Waals surface area contributed by atoms with Crippen molar-refractivity contribution in [1.82, 2.24) is 10.6 Å². The zero-order valence-corrected chi connectivity index (χ0v) is 14.8. The summed E-state index contributed by atoms with van der Waals surface area (Å²) >= 11 is 0. The Morgan fingerprint density at radius 2 is 2.19 bits per heavy atom. The van der Waals surface area contributed by atoms with E-state index < -0.39 is 36.6 Å². The van der Waals surface area contributed by atoms with Crippen LogP contribution in [0.3, 0.4) is 0 Å². The van der Waals surface area contributed by atoms with Crippen LogP contribution in [-0.4, -0.2) is 75.7 Å². The molecule has 26 heavy (non-hydrogen) atoms. The van der Waals surface area contributed by atoms with E-state index in [2.05, 4.69) is 16.0 Å². The number of aliphatic hydroxyl groups excluding tert-OH is 1. The molecule has 2 saturated heterocycles. The monoisotopic (exact) mass is 367 g/mol. The zero-order chi connectivity index (χ0) is 18.5. The highest BCUT2D eigenvalue weighted by Crippen LogP contribution is 2.28. The van der Waals surface area contributed by atoms with Gasteiger partial charge in [-0.1, -0.05) is 6.07 Å². The number of hydrogen-bond acceptors (Lipinski definition) is 7. The summed E-state index contributed by atoms with van der Waals surface area (Å²) in [7, 11) is 3.16. The molecule has 2 heterocycles. The number of aliphatic hydroxyl groups is 1. The number of anilines is 1.